The van der Waals surface area contributed by atoms with E-state index in [2.05, 4.69) is 62.9 Å². The third-order valence-corrected chi connectivity index (χ3v) is 7.65. The first-order chi connectivity index (χ1) is 17.3. The van der Waals surface area contributed by atoms with Crippen molar-refractivity contribution in [2.24, 2.45) is 0 Å². The van der Waals surface area contributed by atoms with Crippen molar-refractivity contribution < 1.29 is 19.3 Å². The smallest absolute Gasteiger partial charge is 0.163 e. The normalized spacial score (nSPS) is 18.9. The van der Waals surface area contributed by atoms with E-state index in [9.17, 15) is 5.11 Å². The molecule has 2 unspecified atom stereocenters. The lowest BCUT2D eigenvalue weighted by molar-refractivity contribution is -0.147. The first-order valence-electron chi connectivity index (χ1n) is 13.5. The van der Waals surface area contributed by atoms with Crippen LogP contribution in [0.25, 0.3) is 5.76 Å². The van der Waals surface area contributed by atoms with Crippen molar-refractivity contribution in [2.45, 2.75) is 102 Å². The number of hydrogen-bond acceptors (Lipinski definition) is 5. The maximum Gasteiger partial charge on any atom is 0.163 e. The molecule has 0 amide bonds. The molecule has 2 aromatic rings. The second-order valence-corrected chi connectivity index (χ2v) is 11.3. The molecule has 0 aliphatic carbocycles. The Balaban J connectivity index is 1.49. The Morgan fingerprint density at radius 3 is 2.36 bits per heavy atom. The molecule has 1 saturated heterocycles. The van der Waals surface area contributed by atoms with E-state index in [1.165, 1.54) is 29.7 Å². The minimum Gasteiger partial charge on any atom is -0.457 e. The topological polar surface area (TPSA) is 47.9 Å². The summed E-state index contributed by atoms with van der Waals surface area (Å²) in [6.45, 7) is 12.6. The quantitative estimate of drug-likeness (QED) is 0.149. The summed E-state index contributed by atoms with van der Waals surface area (Å²) in [7, 11) is 0. The molecule has 5 heteroatoms. The number of thioether (sulfide) groups is 1. The van der Waals surface area contributed by atoms with Crippen LogP contribution in [0.4, 0.5) is 0 Å². The predicted molar refractivity (Wildman–Crippen MR) is 151 cm³/mol. The minimum absolute atomic E-state index is 0.0629. The second-order valence-electron chi connectivity index (χ2n) is 10.2. The molecule has 1 heterocycles. The first-order valence-corrected chi connectivity index (χ1v) is 14.5. The third kappa shape index (κ3) is 8.95. The van der Waals surface area contributed by atoms with E-state index in [-0.39, 0.29) is 18.8 Å². The number of rotatable bonds is 15. The zero-order valence-corrected chi connectivity index (χ0v) is 23.4. The summed E-state index contributed by atoms with van der Waals surface area (Å²) >= 11 is 1.83. The lowest BCUT2D eigenvalue weighted by Crippen LogP contribution is -2.23. The van der Waals surface area contributed by atoms with E-state index < -0.39 is 5.79 Å². The molecule has 1 aliphatic heterocycles. The summed E-state index contributed by atoms with van der Waals surface area (Å²) in [5, 5.41) is 9.18. The van der Waals surface area contributed by atoms with Gasteiger partial charge in [0.2, 0.25) is 0 Å². The molecule has 36 heavy (non-hydrogen) atoms. The Morgan fingerprint density at radius 1 is 1.00 bits per heavy atom. The summed E-state index contributed by atoms with van der Waals surface area (Å²) in [5.41, 5.74) is 3.48. The number of aryl methyl sites for hydroxylation is 2. The van der Waals surface area contributed by atoms with Crippen LogP contribution in [0.5, 0.6) is 5.75 Å². The highest BCUT2D eigenvalue weighted by Gasteiger charge is 2.40. The average Bonchev–Trinajstić information content (AvgIpc) is 3.16. The van der Waals surface area contributed by atoms with Crippen molar-refractivity contribution in [3.63, 3.8) is 0 Å². The number of benzene rings is 2. The SMILES string of the molecule is C=C(Oc1cc(SCCCC2OC(C)(C)OC2CCCO)ccc1C)c1ccc(CCCCC)cc1. The van der Waals surface area contributed by atoms with Gasteiger partial charge in [-0.1, -0.05) is 56.7 Å². The van der Waals surface area contributed by atoms with E-state index in [4.69, 9.17) is 14.2 Å². The summed E-state index contributed by atoms with van der Waals surface area (Å²) in [6.07, 6.45) is 8.60. The summed E-state index contributed by atoms with van der Waals surface area (Å²) in [4.78, 5) is 1.19. The second kappa shape index (κ2) is 14.2. The molecule has 0 saturated carbocycles. The first kappa shape index (κ1) is 28.8. The standard InChI is InChI=1S/C31H44O4S/c1-6-7-8-11-25-15-17-26(18-16-25)24(3)33-30-22-27(19-14-23(30)2)36-21-10-13-29-28(12-9-20-32)34-31(4,5)35-29/h14-19,22,28-29,32H,3,6-13,20-21H2,1-2,4-5H3. The lowest BCUT2D eigenvalue weighted by Gasteiger charge is -2.17. The van der Waals surface area contributed by atoms with E-state index in [1.54, 1.807) is 0 Å². The van der Waals surface area contributed by atoms with Crippen molar-refractivity contribution in [3.05, 3.63) is 65.7 Å². The Kier molecular flexibility index (Phi) is 11.4. The third-order valence-electron chi connectivity index (χ3n) is 6.57. The minimum atomic E-state index is -0.543. The van der Waals surface area contributed by atoms with Gasteiger partial charge in [-0.15, -0.1) is 11.8 Å². The van der Waals surface area contributed by atoms with Gasteiger partial charge in [0.05, 0.1) is 12.2 Å². The average molecular weight is 513 g/mol. The Labute approximate surface area is 222 Å². The van der Waals surface area contributed by atoms with Gasteiger partial charge in [0.1, 0.15) is 11.5 Å². The molecule has 3 rings (SSSR count). The number of aliphatic hydroxyl groups is 1. The van der Waals surface area contributed by atoms with Gasteiger partial charge in [-0.05, 0) is 88.3 Å². The highest BCUT2D eigenvalue weighted by atomic mass is 32.2. The number of ether oxygens (including phenoxy) is 3. The summed E-state index contributed by atoms with van der Waals surface area (Å²) in [6, 6.07) is 15.0. The maximum atomic E-state index is 9.18. The molecule has 0 spiro atoms. The van der Waals surface area contributed by atoms with Crippen molar-refractivity contribution in [1.29, 1.82) is 0 Å². The van der Waals surface area contributed by atoms with Crippen LogP contribution in [-0.4, -0.2) is 35.5 Å². The zero-order valence-electron chi connectivity index (χ0n) is 22.6. The molecule has 0 radical (unpaired) electrons. The van der Waals surface area contributed by atoms with Crippen molar-refractivity contribution >= 4 is 17.5 Å². The van der Waals surface area contributed by atoms with Crippen LogP contribution in [0.3, 0.4) is 0 Å². The van der Waals surface area contributed by atoms with Crippen LogP contribution in [0, 0.1) is 6.92 Å². The van der Waals surface area contributed by atoms with Gasteiger partial charge in [-0.3, -0.25) is 0 Å². The van der Waals surface area contributed by atoms with Crippen LogP contribution < -0.4 is 4.74 Å². The molecule has 1 fully saturated rings. The molecule has 4 nitrogen and oxygen atoms in total. The Bertz CT molecular complexity index is 954. The predicted octanol–water partition coefficient (Wildman–Crippen LogP) is 7.94. The lowest BCUT2D eigenvalue weighted by atomic mass is 10.0. The largest absolute Gasteiger partial charge is 0.457 e. The number of aliphatic hydroxyl groups excluding tert-OH is 1. The molecule has 2 atom stereocenters. The Morgan fingerprint density at radius 2 is 1.69 bits per heavy atom. The highest BCUT2D eigenvalue weighted by molar-refractivity contribution is 7.99. The van der Waals surface area contributed by atoms with E-state index >= 15 is 0 Å². The highest BCUT2D eigenvalue weighted by Crippen LogP contribution is 2.34. The zero-order chi connectivity index (χ0) is 26.0. The fraction of sp³-hybridized carbons (Fsp3) is 0.548. The summed E-state index contributed by atoms with van der Waals surface area (Å²) < 4.78 is 18.4. The van der Waals surface area contributed by atoms with Crippen molar-refractivity contribution in [2.75, 3.05) is 12.4 Å². The van der Waals surface area contributed by atoms with Gasteiger partial charge in [-0.25, -0.2) is 0 Å². The molecule has 0 aromatic heterocycles. The van der Waals surface area contributed by atoms with Crippen LogP contribution in [0.2, 0.25) is 0 Å². The van der Waals surface area contributed by atoms with Gasteiger partial charge in [-0.2, -0.15) is 0 Å². The van der Waals surface area contributed by atoms with Crippen LogP contribution in [0.15, 0.2) is 53.9 Å². The van der Waals surface area contributed by atoms with Crippen LogP contribution in [0.1, 0.15) is 82.4 Å². The van der Waals surface area contributed by atoms with E-state index in [0.29, 0.717) is 5.76 Å². The maximum absolute atomic E-state index is 9.18. The van der Waals surface area contributed by atoms with Crippen molar-refractivity contribution in [3.8, 4) is 5.75 Å². The van der Waals surface area contributed by atoms with E-state index in [1.807, 2.05) is 25.6 Å². The fourth-order valence-corrected chi connectivity index (χ4v) is 5.47. The Hall–Kier alpha value is -1.79. The van der Waals surface area contributed by atoms with Gasteiger partial charge < -0.3 is 19.3 Å². The van der Waals surface area contributed by atoms with Gasteiger partial charge in [0, 0.05) is 17.1 Å². The van der Waals surface area contributed by atoms with Gasteiger partial charge in [0.15, 0.2) is 5.79 Å². The molecule has 1 aliphatic rings. The fourth-order valence-electron chi connectivity index (χ4n) is 4.57. The molecule has 2 aromatic carbocycles. The van der Waals surface area contributed by atoms with Gasteiger partial charge >= 0.3 is 0 Å². The molecular formula is C31H44O4S. The monoisotopic (exact) mass is 512 g/mol. The van der Waals surface area contributed by atoms with Crippen molar-refractivity contribution in [1.82, 2.24) is 0 Å². The van der Waals surface area contributed by atoms with Gasteiger partial charge in [0.25, 0.3) is 0 Å². The van der Waals surface area contributed by atoms with E-state index in [0.717, 1.165) is 54.7 Å². The molecule has 198 valence electrons. The molecular weight excluding hydrogens is 468 g/mol. The number of unbranched alkanes of at least 4 members (excludes halogenated alkanes) is 2. The number of hydrogen-bond donors (Lipinski definition) is 1. The summed E-state index contributed by atoms with van der Waals surface area (Å²) in [5.74, 6) is 1.99. The molecule has 0 bridgehead atoms. The molecule has 1 N–H and O–H groups in total. The van der Waals surface area contributed by atoms with Crippen LogP contribution in [-0.2, 0) is 15.9 Å². The van der Waals surface area contributed by atoms with Crippen LogP contribution >= 0.6 is 11.8 Å².